The number of aromatic nitrogens is 2. The molecular weight excluding hydrogens is 261 g/mol. The number of nitrogens with one attached hydrogen (secondary N) is 2. The monoisotopic (exact) mass is 276 g/mol. The number of aromatic amines is 1. The van der Waals surface area contributed by atoms with Gasteiger partial charge in [0.1, 0.15) is 5.54 Å². The number of nitrogen functional groups attached to an aromatic ring is 1. The molecular formula is C11H15F3N4O. The molecule has 0 radical (unpaired) electrons. The molecule has 0 aliphatic heterocycles. The summed E-state index contributed by atoms with van der Waals surface area (Å²) in [5.74, 6) is -0.887. The summed E-state index contributed by atoms with van der Waals surface area (Å²) < 4.78 is 38.2. The third-order valence-electron chi connectivity index (χ3n) is 3.27. The maximum absolute atomic E-state index is 12.7. The second kappa shape index (κ2) is 4.14. The van der Waals surface area contributed by atoms with Crippen molar-refractivity contribution in [3.8, 4) is 0 Å². The molecule has 2 rings (SSSR count). The van der Waals surface area contributed by atoms with Gasteiger partial charge in [0.2, 0.25) is 0 Å². The minimum absolute atomic E-state index is 0.00607. The Labute approximate surface area is 107 Å². The van der Waals surface area contributed by atoms with Crippen molar-refractivity contribution in [2.75, 3.05) is 5.73 Å². The quantitative estimate of drug-likeness (QED) is 0.788. The molecule has 1 fully saturated rings. The van der Waals surface area contributed by atoms with Crippen molar-refractivity contribution in [1.82, 2.24) is 15.5 Å². The minimum Gasteiger partial charge on any atom is -0.395 e. The van der Waals surface area contributed by atoms with Gasteiger partial charge < -0.3 is 11.1 Å². The largest absolute Gasteiger partial charge is 0.411 e. The van der Waals surface area contributed by atoms with E-state index in [9.17, 15) is 18.0 Å². The lowest BCUT2D eigenvalue weighted by Gasteiger charge is -2.20. The molecule has 0 atom stereocenters. The topological polar surface area (TPSA) is 83.8 Å². The molecule has 8 heteroatoms. The fourth-order valence-corrected chi connectivity index (χ4v) is 1.86. The number of alkyl halides is 3. The molecule has 1 aliphatic rings. The van der Waals surface area contributed by atoms with Gasteiger partial charge >= 0.3 is 6.18 Å². The average Bonchev–Trinajstić information content (AvgIpc) is 2.94. The maximum atomic E-state index is 12.7. The number of nitrogens with two attached hydrogens (primary N) is 1. The smallest absolute Gasteiger partial charge is 0.395 e. The third-order valence-corrected chi connectivity index (χ3v) is 3.27. The van der Waals surface area contributed by atoms with Gasteiger partial charge in [-0.25, -0.2) is 0 Å². The lowest BCUT2D eigenvalue weighted by atomic mass is 10.1. The maximum Gasteiger partial charge on any atom is 0.411 e. The van der Waals surface area contributed by atoms with Crippen LogP contribution in [0.25, 0.3) is 0 Å². The van der Waals surface area contributed by atoms with Crippen molar-refractivity contribution >= 4 is 11.6 Å². The molecule has 1 aliphatic carbocycles. The average molecular weight is 276 g/mol. The van der Waals surface area contributed by atoms with E-state index >= 15 is 0 Å². The predicted molar refractivity (Wildman–Crippen MR) is 62.6 cm³/mol. The van der Waals surface area contributed by atoms with Crippen molar-refractivity contribution in [2.45, 2.75) is 44.3 Å². The first kappa shape index (κ1) is 13.7. The fraction of sp³-hybridized carbons (Fsp3) is 0.636. The summed E-state index contributed by atoms with van der Waals surface area (Å²) in [6.45, 7) is 3.67. The van der Waals surface area contributed by atoms with Gasteiger partial charge in [0.05, 0.1) is 11.4 Å². The molecule has 0 bridgehead atoms. The summed E-state index contributed by atoms with van der Waals surface area (Å²) in [5, 5.41) is 8.27. The van der Waals surface area contributed by atoms with Gasteiger partial charge in [-0.05, 0) is 18.8 Å². The normalized spacial score (nSPS) is 17.6. The van der Waals surface area contributed by atoms with Gasteiger partial charge in [-0.3, -0.25) is 9.89 Å². The molecule has 0 spiro atoms. The third kappa shape index (κ3) is 2.26. The summed E-state index contributed by atoms with van der Waals surface area (Å²) in [4.78, 5) is 11.8. The van der Waals surface area contributed by atoms with Crippen LogP contribution in [0.15, 0.2) is 0 Å². The highest BCUT2D eigenvalue weighted by atomic mass is 19.4. The molecule has 5 nitrogen and oxygen atoms in total. The fourth-order valence-electron chi connectivity index (χ4n) is 1.86. The van der Waals surface area contributed by atoms with Crippen LogP contribution in [0.4, 0.5) is 18.9 Å². The number of hydrogen-bond acceptors (Lipinski definition) is 3. The zero-order valence-corrected chi connectivity index (χ0v) is 10.6. The number of amides is 1. The lowest BCUT2D eigenvalue weighted by Crippen LogP contribution is -2.48. The van der Waals surface area contributed by atoms with Gasteiger partial charge in [-0.15, -0.1) is 0 Å². The summed E-state index contributed by atoms with van der Waals surface area (Å²) in [7, 11) is 0. The molecule has 106 valence electrons. The van der Waals surface area contributed by atoms with E-state index in [2.05, 4.69) is 10.2 Å². The second-order valence-corrected chi connectivity index (χ2v) is 5.09. The number of halogens is 3. The number of hydrogen-bond donors (Lipinski definition) is 3. The molecule has 19 heavy (non-hydrogen) atoms. The van der Waals surface area contributed by atoms with Gasteiger partial charge in [0.15, 0.2) is 5.69 Å². The van der Waals surface area contributed by atoms with Crippen molar-refractivity contribution in [1.29, 1.82) is 0 Å². The molecule has 1 aromatic rings. The predicted octanol–water partition coefficient (Wildman–Crippen LogP) is 1.94. The SMILES string of the molecule is CC(C)c1[nH]nc(C(=O)NC2(C(F)(F)F)CC2)c1N. The van der Waals surface area contributed by atoms with Crippen LogP contribution in [0.2, 0.25) is 0 Å². The van der Waals surface area contributed by atoms with Gasteiger partial charge in [0, 0.05) is 0 Å². The number of nitrogens with zero attached hydrogens (tertiary/aromatic N) is 1. The summed E-state index contributed by atoms with van der Waals surface area (Å²) in [6.07, 6.45) is -4.66. The van der Waals surface area contributed by atoms with Crippen LogP contribution in [0.1, 0.15) is 48.8 Å². The molecule has 1 amide bonds. The van der Waals surface area contributed by atoms with Crippen molar-refractivity contribution in [2.24, 2.45) is 0 Å². The first-order valence-electron chi connectivity index (χ1n) is 5.91. The van der Waals surface area contributed by atoms with Crippen molar-refractivity contribution in [3.05, 3.63) is 11.4 Å². The Kier molecular flexibility index (Phi) is 2.98. The van der Waals surface area contributed by atoms with Crippen molar-refractivity contribution in [3.63, 3.8) is 0 Å². The molecule has 0 aromatic carbocycles. The first-order chi connectivity index (χ1) is 8.68. The van der Waals surface area contributed by atoms with E-state index in [0.29, 0.717) is 5.69 Å². The molecule has 4 N–H and O–H groups in total. The zero-order valence-electron chi connectivity index (χ0n) is 10.6. The Balaban J connectivity index is 2.18. The van der Waals surface area contributed by atoms with Gasteiger partial charge in [0.25, 0.3) is 5.91 Å². The highest BCUT2D eigenvalue weighted by Crippen LogP contribution is 2.49. The molecule has 1 aromatic heterocycles. The van der Waals surface area contributed by atoms with Gasteiger partial charge in [-0.1, -0.05) is 13.8 Å². The van der Waals surface area contributed by atoms with Crippen molar-refractivity contribution < 1.29 is 18.0 Å². The van der Waals surface area contributed by atoms with E-state index in [0.717, 1.165) is 0 Å². The number of H-pyrrole nitrogens is 1. The van der Waals surface area contributed by atoms with E-state index < -0.39 is 17.6 Å². The number of rotatable bonds is 3. The minimum atomic E-state index is -4.45. The Morgan fingerprint density at radius 1 is 1.47 bits per heavy atom. The number of carbonyl (C=O) groups excluding carboxylic acids is 1. The molecule has 0 saturated heterocycles. The zero-order chi connectivity index (χ0) is 14.4. The molecule has 1 heterocycles. The first-order valence-corrected chi connectivity index (χ1v) is 5.91. The van der Waals surface area contributed by atoms with Crippen LogP contribution < -0.4 is 11.1 Å². The van der Waals surface area contributed by atoms with E-state index in [1.807, 2.05) is 19.2 Å². The van der Waals surface area contributed by atoms with Gasteiger partial charge in [-0.2, -0.15) is 18.3 Å². The van der Waals surface area contributed by atoms with Crippen LogP contribution in [0.3, 0.4) is 0 Å². The van der Waals surface area contributed by atoms with Crippen LogP contribution in [-0.4, -0.2) is 27.8 Å². The lowest BCUT2D eigenvalue weighted by molar-refractivity contribution is -0.163. The van der Waals surface area contributed by atoms with Crippen LogP contribution in [0.5, 0.6) is 0 Å². The summed E-state index contributed by atoms with van der Waals surface area (Å²) in [5.41, 5.74) is 4.08. The number of carbonyl (C=O) groups is 1. The van der Waals surface area contributed by atoms with E-state index in [4.69, 9.17) is 5.73 Å². The van der Waals surface area contributed by atoms with E-state index in [1.54, 1.807) is 0 Å². The van der Waals surface area contributed by atoms with Crippen LogP contribution in [-0.2, 0) is 0 Å². The highest BCUT2D eigenvalue weighted by Gasteiger charge is 2.64. The summed E-state index contributed by atoms with van der Waals surface area (Å²) in [6, 6.07) is 0. The van der Waals surface area contributed by atoms with Crippen LogP contribution >= 0.6 is 0 Å². The van der Waals surface area contributed by atoms with E-state index in [-0.39, 0.29) is 30.1 Å². The van der Waals surface area contributed by atoms with E-state index in [1.165, 1.54) is 0 Å². The highest BCUT2D eigenvalue weighted by molar-refractivity contribution is 5.98. The Morgan fingerprint density at radius 3 is 2.42 bits per heavy atom. The summed E-state index contributed by atoms with van der Waals surface area (Å²) >= 11 is 0. The van der Waals surface area contributed by atoms with Crippen LogP contribution in [0, 0.1) is 0 Å². The molecule has 0 unspecified atom stereocenters. The Hall–Kier alpha value is -1.73. The Morgan fingerprint density at radius 2 is 2.05 bits per heavy atom. The molecule has 1 saturated carbocycles. The standard InChI is InChI=1S/C11H15F3N4O/c1-5(2)7-6(15)8(18-17-7)9(19)16-10(3-4-10)11(12,13)14/h5H,3-4,15H2,1-2H3,(H,16,19)(H,17,18). The second-order valence-electron chi connectivity index (χ2n) is 5.09. The number of anilines is 1. The Bertz CT molecular complexity index is 503.